The summed E-state index contributed by atoms with van der Waals surface area (Å²) >= 11 is 0. The first-order valence-corrected chi connectivity index (χ1v) is 6.11. The third-order valence-electron chi connectivity index (χ3n) is 2.61. The van der Waals surface area contributed by atoms with Gasteiger partial charge in [0.05, 0.1) is 24.1 Å². The number of nitrogens with zero attached hydrogens (tertiary/aromatic N) is 4. The second-order valence-corrected chi connectivity index (χ2v) is 4.40. The Kier molecular flexibility index (Phi) is 3.97. The van der Waals surface area contributed by atoms with Gasteiger partial charge in [0.2, 0.25) is 5.88 Å². The maximum atomic E-state index is 8.75. The van der Waals surface area contributed by atoms with Crippen molar-refractivity contribution in [2.75, 3.05) is 0 Å². The lowest BCUT2D eigenvalue weighted by Gasteiger charge is -2.09. The van der Waals surface area contributed by atoms with Crippen molar-refractivity contribution in [3.8, 4) is 11.9 Å². The normalized spacial score (nSPS) is 11.3. The molecule has 0 fully saturated rings. The summed E-state index contributed by atoms with van der Waals surface area (Å²) in [5, 5.41) is 9.54. The van der Waals surface area contributed by atoms with Gasteiger partial charge in [0, 0.05) is 6.20 Å². The van der Waals surface area contributed by atoms with Crippen molar-refractivity contribution in [1.82, 2.24) is 15.0 Å². The minimum absolute atomic E-state index is 0.00398. The van der Waals surface area contributed by atoms with E-state index in [-0.39, 0.29) is 11.8 Å². The molecule has 6 heteroatoms. The Bertz CT molecular complexity index is 714. The van der Waals surface area contributed by atoms with Crippen LogP contribution in [0.1, 0.15) is 19.4 Å². The van der Waals surface area contributed by atoms with Crippen LogP contribution in [0.25, 0.3) is 15.9 Å². The Morgan fingerprint density at radius 1 is 1.60 bits per heavy atom. The molecule has 0 aliphatic heterocycles. The molecule has 1 N–H and O–H groups in total. The van der Waals surface area contributed by atoms with Crippen molar-refractivity contribution in [2.24, 2.45) is 0 Å². The lowest BCUT2D eigenvalue weighted by molar-refractivity contribution is 0.235. The van der Waals surface area contributed by atoms with Gasteiger partial charge in [0.1, 0.15) is 12.0 Å². The van der Waals surface area contributed by atoms with Gasteiger partial charge in [-0.25, -0.2) is 20.1 Å². The summed E-state index contributed by atoms with van der Waals surface area (Å²) in [4.78, 5) is 14.5. The molecule has 2 heterocycles. The number of aromatic nitrogens is 3. The fraction of sp³-hybridized carbons (Fsp3) is 0.286. The number of nitriles is 1. The summed E-state index contributed by atoms with van der Waals surface area (Å²) < 4.78 is 5.67. The molecule has 0 bridgehead atoms. The van der Waals surface area contributed by atoms with E-state index in [0.29, 0.717) is 17.9 Å². The van der Waals surface area contributed by atoms with Crippen LogP contribution in [0.15, 0.2) is 24.3 Å². The molecule has 2 aromatic heterocycles. The number of nitrogens with one attached hydrogen (secondary N) is 1. The Balaban J connectivity index is 2.43. The molecule has 0 saturated carbocycles. The Labute approximate surface area is 116 Å². The fourth-order valence-electron chi connectivity index (χ4n) is 1.79. The van der Waals surface area contributed by atoms with Gasteiger partial charge in [-0.05, 0) is 25.8 Å². The number of H-pyrrole nitrogens is 1. The molecule has 0 aromatic carbocycles. The third-order valence-corrected chi connectivity index (χ3v) is 2.61. The van der Waals surface area contributed by atoms with Crippen LogP contribution in [0.3, 0.4) is 0 Å². The number of fused-ring (bicyclic) bond motifs is 1. The van der Waals surface area contributed by atoms with Gasteiger partial charge >= 0.3 is 0 Å². The smallest absolute Gasteiger partial charge is 0.258 e. The number of hydrogen-bond donors (Lipinski definition) is 1. The lowest BCUT2D eigenvalue weighted by atomic mass is 10.1. The van der Waals surface area contributed by atoms with E-state index < -0.39 is 0 Å². The zero-order valence-electron chi connectivity index (χ0n) is 11.2. The number of allylic oxidation sites excluding steroid dienone is 2. The molecule has 100 valence electrons. The van der Waals surface area contributed by atoms with Crippen LogP contribution in [0.2, 0.25) is 0 Å². The van der Waals surface area contributed by atoms with Crippen LogP contribution in [0.5, 0.6) is 5.88 Å². The average Bonchev–Trinajstić information content (AvgIpc) is 2.84. The van der Waals surface area contributed by atoms with E-state index in [1.165, 1.54) is 6.33 Å². The van der Waals surface area contributed by atoms with Crippen LogP contribution < -0.4 is 4.74 Å². The van der Waals surface area contributed by atoms with Crippen molar-refractivity contribution in [2.45, 2.75) is 26.4 Å². The molecule has 0 amide bonds. The van der Waals surface area contributed by atoms with Crippen molar-refractivity contribution in [3.05, 3.63) is 41.3 Å². The predicted octanol–water partition coefficient (Wildman–Crippen LogP) is 2.61. The maximum absolute atomic E-state index is 8.75. The first kappa shape index (κ1) is 13.6. The van der Waals surface area contributed by atoms with E-state index in [0.717, 1.165) is 10.9 Å². The Morgan fingerprint density at radius 3 is 3.05 bits per heavy atom. The quantitative estimate of drug-likeness (QED) is 0.682. The third kappa shape index (κ3) is 2.76. The van der Waals surface area contributed by atoms with E-state index in [2.05, 4.69) is 19.8 Å². The number of rotatable bonds is 4. The number of ether oxygens (including phenoxy) is 1. The summed E-state index contributed by atoms with van der Waals surface area (Å²) in [5.74, 6) is 0.510. The molecule has 0 saturated heterocycles. The van der Waals surface area contributed by atoms with Crippen LogP contribution in [0.4, 0.5) is 0 Å². The van der Waals surface area contributed by atoms with Gasteiger partial charge in [0.25, 0.3) is 5.70 Å². The highest BCUT2D eigenvalue weighted by Crippen LogP contribution is 2.26. The number of aromatic amines is 1. The van der Waals surface area contributed by atoms with Crippen LogP contribution in [0, 0.1) is 17.9 Å². The lowest BCUT2D eigenvalue weighted by Crippen LogP contribution is -2.07. The first-order chi connectivity index (χ1) is 9.65. The molecule has 6 nitrogen and oxygen atoms in total. The van der Waals surface area contributed by atoms with Crippen molar-refractivity contribution >= 4 is 11.0 Å². The van der Waals surface area contributed by atoms with Crippen molar-refractivity contribution < 1.29 is 4.74 Å². The minimum atomic E-state index is 0.00398. The van der Waals surface area contributed by atoms with Gasteiger partial charge in [-0.15, -0.1) is 0 Å². The Hall–Kier alpha value is -2.86. The van der Waals surface area contributed by atoms with E-state index in [1.807, 2.05) is 19.9 Å². The Morgan fingerprint density at radius 2 is 2.40 bits per heavy atom. The van der Waals surface area contributed by atoms with Gasteiger partial charge < -0.3 is 9.72 Å². The molecule has 2 rings (SSSR count). The zero-order valence-corrected chi connectivity index (χ0v) is 11.2. The van der Waals surface area contributed by atoms with Gasteiger partial charge in [-0.1, -0.05) is 6.08 Å². The summed E-state index contributed by atoms with van der Waals surface area (Å²) in [5.41, 5.74) is 1.65. The standard InChI is InChI=1S/C14H13N5O/c1-9(2)20-14-12-10(4-5-11(6-15)16-3)7-17-13(12)18-8-19-14/h5,7-9H,4H2,1-2H3,(H,17,18,19)/b11-5-. The zero-order chi connectivity index (χ0) is 14.5. The second kappa shape index (κ2) is 5.85. The second-order valence-electron chi connectivity index (χ2n) is 4.40. The van der Waals surface area contributed by atoms with E-state index >= 15 is 0 Å². The van der Waals surface area contributed by atoms with Crippen molar-refractivity contribution in [1.29, 1.82) is 5.26 Å². The highest BCUT2D eigenvalue weighted by Gasteiger charge is 2.12. The van der Waals surface area contributed by atoms with Crippen LogP contribution >= 0.6 is 0 Å². The van der Waals surface area contributed by atoms with Crippen molar-refractivity contribution in [3.63, 3.8) is 0 Å². The first-order valence-electron chi connectivity index (χ1n) is 6.11. The molecule has 2 aromatic rings. The van der Waals surface area contributed by atoms with Gasteiger partial charge in [0.15, 0.2) is 0 Å². The average molecular weight is 267 g/mol. The molecule has 0 radical (unpaired) electrons. The van der Waals surface area contributed by atoms with Crippen LogP contribution in [-0.4, -0.2) is 21.1 Å². The predicted molar refractivity (Wildman–Crippen MR) is 73.7 cm³/mol. The van der Waals surface area contributed by atoms with E-state index in [9.17, 15) is 0 Å². The van der Waals surface area contributed by atoms with E-state index in [4.69, 9.17) is 16.6 Å². The topological polar surface area (TPSA) is 79.0 Å². The molecular formula is C14H13N5O. The molecule has 0 unspecified atom stereocenters. The highest BCUT2D eigenvalue weighted by molar-refractivity contribution is 5.84. The highest BCUT2D eigenvalue weighted by atomic mass is 16.5. The summed E-state index contributed by atoms with van der Waals surface area (Å²) in [6, 6.07) is 1.84. The molecule has 0 aliphatic carbocycles. The maximum Gasteiger partial charge on any atom is 0.258 e. The molecular weight excluding hydrogens is 254 g/mol. The number of hydrogen-bond acceptors (Lipinski definition) is 4. The monoisotopic (exact) mass is 267 g/mol. The summed E-state index contributed by atoms with van der Waals surface area (Å²) in [6.07, 6.45) is 5.27. The molecule has 20 heavy (non-hydrogen) atoms. The minimum Gasteiger partial charge on any atom is -0.474 e. The molecule has 0 atom stereocenters. The van der Waals surface area contributed by atoms with Crippen LogP contribution in [-0.2, 0) is 6.42 Å². The fourth-order valence-corrected chi connectivity index (χ4v) is 1.79. The largest absolute Gasteiger partial charge is 0.474 e. The summed E-state index contributed by atoms with van der Waals surface area (Å²) in [7, 11) is 0. The molecule has 0 spiro atoms. The molecule has 0 aliphatic rings. The summed E-state index contributed by atoms with van der Waals surface area (Å²) in [6.45, 7) is 10.7. The van der Waals surface area contributed by atoms with E-state index in [1.54, 1.807) is 12.3 Å². The SMILES string of the molecule is [C-]#[N+]/C(C#N)=C\Cc1c[nH]c2ncnc(OC(C)C)c12. The van der Waals surface area contributed by atoms with Gasteiger partial charge in [-0.3, -0.25) is 0 Å². The van der Waals surface area contributed by atoms with Gasteiger partial charge in [-0.2, -0.15) is 0 Å².